The van der Waals surface area contributed by atoms with Gasteiger partial charge >= 0.3 is 5.51 Å². The lowest BCUT2D eigenvalue weighted by atomic mass is 9.90. The van der Waals surface area contributed by atoms with Gasteiger partial charge in [-0.05, 0) is 29.5 Å². The van der Waals surface area contributed by atoms with Gasteiger partial charge in [-0.2, -0.15) is 13.2 Å². The minimum atomic E-state index is -4.35. The van der Waals surface area contributed by atoms with E-state index in [1.807, 2.05) is 0 Å². The van der Waals surface area contributed by atoms with E-state index < -0.39 is 29.1 Å². The Morgan fingerprint density at radius 1 is 1.41 bits per heavy atom. The second-order valence-corrected chi connectivity index (χ2v) is 5.78. The molecule has 22 heavy (non-hydrogen) atoms. The Labute approximate surface area is 127 Å². The first kappa shape index (κ1) is 16.6. The van der Waals surface area contributed by atoms with Crippen LogP contribution in [0.1, 0.15) is 17.9 Å². The molecule has 0 aromatic heterocycles. The average molecular weight is 336 g/mol. The zero-order valence-electron chi connectivity index (χ0n) is 11.2. The Kier molecular flexibility index (Phi) is 4.94. The van der Waals surface area contributed by atoms with Crippen molar-refractivity contribution in [3.63, 3.8) is 0 Å². The predicted molar refractivity (Wildman–Crippen MR) is 73.9 cm³/mol. The van der Waals surface area contributed by atoms with Crippen LogP contribution in [0.15, 0.2) is 18.2 Å². The molecule has 1 atom stereocenters. The molecule has 9 heteroatoms. The van der Waals surface area contributed by atoms with Gasteiger partial charge in [0.25, 0.3) is 0 Å². The van der Waals surface area contributed by atoms with E-state index in [9.17, 15) is 27.2 Å². The van der Waals surface area contributed by atoms with Crippen molar-refractivity contribution in [3.8, 4) is 0 Å². The first-order chi connectivity index (χ1) is 10.3. The Bertz CT molecular complexity index is 592. The normalized spacial score (nSPS) is 17.6. The van der Waals surface area contributed by atoms with E-state index in [1.165, 1.54) is 6.07 Å². The van der Waals surface area contributed by atoms with E-state index in [1.54, 1.807) is 0 Å². The summed E-state index contributed by atoms with van der Waals surface area (Å²) in [4.78, 5) is 23.6. The molecule has 2 amide bonds. The number of amides is 2. The number of nitrogens with one attached hydrogen (secondary N) is 2. The average Bonchev–Trinajstić information content (AvgIpc) is 2.40. The van der Waals surface area contributed by atoms with Crippen molar-refractivity contribution >= 4 is 29.3 Å². The molecule has 0 fully saturated rings. The summed E-state index contributed by atoms with van der Waals surface area (Å²) in [5.74, 6) is -2.69. The van der Waals surface area contributed by atoms with Gasteiger partial charge in [0.1, 0.15) is 5.82 Å². The van der Waals surface area contributed by atoms with Crippen LogP contribution in [0, 0.1) is 5.82 Å². The fourth-order valence-electron chi connectivity index (χ4n) is 2.14. The summed E-state index contributed by atoms with van der Waals surface area (Å²) >= 11 is -0.233. The topological polar surface area (TPSA) is 58.2 Å². The smallest absolute Gasteiger partial charge is 0.355 e. The van der Waals surface area contributed by atoms with Crippen molar-refractivity contribution in [1.29, 1.82) is 0 Å². The number of rotatable bonds is 4. The molecule has 0 saturated heterocycles. The molecular weight excluding hydrogens is 324 g/mol. The summed E-state index contributed by atoms with van der Waals surface area (Å²) in [6, 6.07) is 3.65. The van der Waals surface area contributed by atoms with Crippen LogP contribution in [0.25, 0.3) is 0 Å². The molecule has 1 aromatic carbocycles. The van der Waals surface area contributed by atoms with Crippen molar-refractivity contribution in [2.45, 2.75) is 17.8 Å². The number of thioether (sulfide) groups is 1. The molecular formula is C13H12F4N2O2S. The third-order valence-corrected chi connectivity index (χ3v) is 3.77. The van der Waals surface area contributed by atoms with Gasteiger partial charge in [-0.25, -0.2) is 4.39 Å². The number of carbonyl (C=O) groups is 2. The lowest BCUT2D eigenvalue weighted by Crippen LogP contribution is -2.36. The van der Waals surface area contributed by atoms with Crippen molar-refractivity contribution < 1.29 is 27.2 Å². The van der Waals surface area contributed by atoms with Gasteiger partial charge < -0.3 is 10.6 Å². The zero-order valence-corrected chi connectivity index (χ0v) is 12.0. The minimum absolute atomic E-state index is 0.128. The van der Waals surface area contributed by atoms with Crippen LogP contribution in [0.5, 0.6) is 0 Å². The highest BCUT2D eigenvalue weighted by Gasteiger charge is 2.31. The number of alkyl halides is 3. The molecule has 2 rings (SSSR count). The molecule has 0 unspecified atom stereocenters. The summed E-state index contributed by atoms with van der Waals surface area (Å²) in [6.07, 6.45) is -0.128. The molecule has 1 heterocycles. The highest BCUT2D eigenvalue weighted by atomic mass is 32.2. The van der Waals surface area contributed by atoms with Gasteiger partial charge in [0.2, 0.25) is 11.8 Å². The Morgan fingerprint density at radius 2 is 2.14 bits per heavy atom. The van der Waals surface area contributed by atoms with Gasteiger partial charge in [0.05, 0.1) is 5.92 Å². The first-order valence-corrected chi connectivity index (χ1v) is 7.32. The van der Waals surface area contributed by atoms with Crippen LogP contribution < -0.4 is 10.6 Å². The standard InChI is InChI=1S/C13H12F4N2O2S/c14-7-1-2-8-9(6-11(20)19-10(8)5-7)12(21)18-3-4-22-13(15,16)17/h1-2,5,9H,3-4,6H2,(H,18,21)(H,19,20)/t9-/m0/s1. The Hall–Kier alpha value is -1.77. The van der Waals surface area contributed by atoms with E-state index in [0.29, 0.717) is 5.56 Å². The van der Waals surface area contributed by atoms with Gasteiger partial charge in [-0.3, -0.25) is 9.59 Å². The molecule has 0 bridgehead atoms. The SMILES string of the molecule is O=C1C[C@H](C(=O)NCCSC(F)(F)F)c2ccc(F)cc2N1. The Balaban J connectivity index is 2.00. The predicted octanol–water partition coefficient (Wildman–Crippen LogP) is 2.62. The third kappa shape index (κ3) is 4.36. The highest BCUT2D eigenvalue weighted by Crippen LogP contribution is 2.33. The molecule has 120 valence electrons. The van der Waals surface area contributed by atoms with E-state index in [-0.39, 0.29) is 36.2 Å². The van der Waals surface area contributed by atoms with Gasteiger partial charge in [0.15, 0.2) is 0 Å². The fourth-order valence-corrected chi connectivity index (χ4v) is 2.57. The fraction of sp³-hybridized carbons (Fsp3) is 0.385. The number of hydrogen-bond acceptors (Lipinski definition) is 3. The second-order valence-electron chi connectivity index (χ2n) is 4.62. The molecule has 2 N–H and O–H groups in total. The van der Waals surface area contributed by atoms with Crippen molar-refractivity contribution in [1.82, 2.24) is 5.32 Å². The van der Waals surface area contributed by atoms with Crippen LogP contribution >= 0.6 is 11.8 Å². The molecule has 0 radical (unpaired) electrons. The van der Waals surface area contributed by atoms with E-state index in [4.69, 9.17) is 0 Å². The summed E-state index contributed by atoms with van der Waals surface area (Å²) in [6.45, 7) is -0.169. The molecule has 0 spiro atoms. The number of benzene rings is 1. The third-order valence-electron chi connectivity index (χ3n) is 3.04. The number of carbonyl (C=O) groups excluding carboxylic acids is 2. The monoisotopic (exact) mass is 336 g/mol. The number of hydrogen-bond donors (Lipinski definition) is 2. The summed E-state index contributed by atoms with van der Waals surface area (Å²) < 4.78 is 49.1. The first-order valence-electron chi connectivity index (χ1n) is 6.34. The Morgan fingerprint density at radius 3 is 2.82 bits per heavy atom. The van der Waals surface area contributed by atoms with Crippen LogP contribution in [-0.2, 0) is 9.59 Å². The van der Waals surface area contributed by atoms with E-state index >= 15 is 0 Å². The molecule has 1 aliphatic heterocycles. The van der Waals surface area contributed by atoms with Crippen LogP contribution in [0.3, 0.4) is 0 Å². The number of anilines is 1. The molecule has 1 aliphatic rings. The van der Waals surface area contributed by atoms with Gasteiger partial charge in [-0.15, -0.1) is 0 Å². The van der Waals surface area contributed by atoms with Gasteiger partial charge in [0, 0.05) is 24.4 Å². The van der Waals surface area contributed by atoms with E-state index in [2.05, 4.69) is 10.6 Å². The number of halogens is 4. The quantitative estimate of drug-likeness (QED) is 0.656. The molecule has 4 nitrogen and oxygen atoms in total. The van der Waals surface area contributed by atoms with Gasteiger partial charge in [-0.1, -0.05) is 6.07 Å². The lowest BCUT2D eigenvalue weighted by Gasteiger charge is -2.24. The van der Waals surface area contributed by atoms with Crippen molar-refractivity contribution in [2.24, 2.45) is 0 Å². The largest absolute Gasteiger partial charge is 0.441 e. The lowest BCUT2D eigenvalue weighted by molar-refractivity contribution is -0.126. The molecule has 0 aliphatic carbocycles. The zero-order chi connectivity index (χ0) is 16.3. The van der Waals surface area contributed by atoms with Crippen molar-refractivity contribution in [2.75, 3.05) is 17.6 Å². The second kappa shape index (κ2) is 6.55. The van der Waals surface area contributed by atoms with Crippen LogP contribution in [0.4, 0.5) is 23.2 Å². The molecule has 1 aromatic rings. The van der Waals surface area contributed by atoms with E-state index in [0.717, 1.165) is 12.1 Å². The summed E-state index contributed by atoms with van der Waals surface area (Å²) in [7, 11) is 0. The minimum Gasteiger partial charge on any atom is -0.355 e. The van der Waals surface area contributed by atoms with Crippen molar-refractivity contribution in [3.05, 3.63) is 29.6 Å². The highest BCUT2D eigenvalue weighted by molar-refractivity contribution is 8.00. The maximum Gasteiger partial charge on any atom is 0.441 e. The summed E-state index contributed by atoms with van der Waals surface area (Å²) in [5.41, 5.74) is -3.69. The molecule has 0 saturated carbocycles. The van der Waals surface area contributed by atoms with Crippen LogP contribution in [0.2, 0.25) is 0 Å². The number of fused-ring (bicyclic) bond motifs is 1. The summed E-state index contributed by atoms with van der Waals surface area (Å²) in [5, 5.41) is 4.83. The maximum absolute atomic E-state index is 13.1. The maximum atomic E-state index is 13.1. The van der Waals surface area contributed by atoms with Crippen LogP contribution in [-0.4, -0.2) is 29.6 Å².